The topological polar surface area (TPSA) is 141 Å². The third-order valence-electron chi connectivity index (χ3n) is 6.65. The molecule has 0 spiro atoms. The normalized spacial score (nSPS) is 14.9. The van der Waals surface area contributed by atoms with E-state index in [0.717, 1.165) is 31.5 Å². The number of hydrogen-bond acceptors (Lipinski definition) is 10. The molecule has 0 aliphatic carbocycles. The Morgan fingerprint density at radius 2 is 1.69 bits per heavy atom. The molecule has 1 aliphatic rings. The average molecular weight is 612 g/mol. The maximum Gasteiger partial charge on any atom is 0.492 e. The van der Waals surface area contributed by atoms with Crippen LogP contribution in [0, 0.1) is 5.92 Å². The summed E-state index contributed by atoms with van der Waals surface area (Å²) in [5.41, 5.74) is 6.73. The minimum Gasteiger partial charge on any atom is -0.493 e. The molecule has 2 heterocycles. The summed E-state index contributed by atoms with van der Waals surface area (Å²) in [4.78, 5) is 21.5. The van der Waals surface area contributed by atoms with Gasteiger partial charge in [0.15, 0.2) is 5.82 Å². The minimum atomic E-state index is -5.37. The fourth-order valence-corrected chi connectivity index (χ4v) is 5.47. The van der Waals surface area contributed by atoms with E-state index in [9.17, 15) is 26.4 Å². The molecule has 0 saturated carbocycles. The van der Waals surface area contributed by atoms with Crippen LogP contribution >= 0.6 is 0 Å². The number of carbonyl (C=O) groups excluding carboxylic acids is 1. The zero-order valence-electron chi connectivity index (χ0n) is 23.1. The first kappa shape index (κ1) is 31.3. The molecule has 2 N–H and O–H groups in total. The third-order valence-corrected chi connectivity index (χ3v) is 8.32. The van der Waals surface area contributed by atoms with Gasteiger partial charge in [-0.25, -0.2) is 13.2 Å². The summed E-state index contributed by atoms with van der Waals surface area (Å²) in [6, 6.07) is 13.2. The Morgan fingerprint density at radius 1 is 1.10 bits per heavy atom. The molecular weight excluding hydrogens is 579 g/mol. The van der Waals surface area contributed by atoms with Crippen molar-refractivity contribution in [1.29, 1.82) is 0 Å². The number of piperidine rings is 1. The van der Waals surface area contributed by atoms with E-state index in [1.807, 2.05) is 26.0 Å². The van der Waals surface area contributed by atoms with Crippen molar-refractivity contribution in [2.24, 2.45) is 11.7 Å². The highest BCUT2D eigenvalue weighted by Crippen LogP contribution is 2.28. The van der Waals surface area contributed by atoms with Crippen molar-refractivity contribution >= 4 is 22.0 Å². The highest BCUT2D eigenvalue weighted by molar-refractivity contribution is 7.89. The molecule has 0 bridgehead atoms. The maximum absolute atomic E-state index is 12.8. The van der Waals surface area contributed by atoms with Crippen molar-refractivity contribution in [3.63, 3.8) is 0 Å². The Balaban J connectivity index is 1.31. The van der Waals surface area contributed by atoms with Gasteiger partial charge < -0.3 is 24.7 Å². The first-order chi connectivity index (χ1) is 19.9. The Kier molecular flexibility index (Phi) is 9.74. The standard InChI is InChI=1S/C27H32F3N5O6S/c1-18(2)24-32-26(40-33-24)34-14-11-19(12-15-34)17-39-22-7-3-20(4-8-22)21-5-9-23(10-6-21)42(37,38)35(16-13-31)41-25(36)27(28,29)30/h3-10,18-19H,11-17,31H2,1-2H3. The van der Waals surface area contributed by atoms with Crippen LogP contribution in [0.1, 0.15) is 38.4 Å². The van der Waals surface area contributed by atoms with Gasteiger partial charge in [-0.3, -0.25) is 0 Å². The summed E-state index contributed by atoms with van der Waals surface area (Å²) < 4.78 is 74.7. The lowest BCUT2D eigenvalue weighted by Crippen LogP contribution is -2.41. The van der Waals surface area contributed by atoms with Gasteiger partial charge in [-0.1, -0.05) is 43.3 Å². The molecular formula is C27H32F3N5O6S. The fraction of sp³-hybridized carbons (Fsp3) is 0.444. The van der Waals surface area contributed by atoms with Crippen LogP contribution < -0.4 is 15.4 Å². The molecule has 1 fully saturated rings. The maximum atomic E-state index is 12.8. The zero-order valence-corrected chi connectivity index (χ0v) is 23.9. The van der Waals surface area contributed by atoms with E-state index in [4.69, 9.17) is 15.0 Å². The van der Waals surface area contributed by atoms with Gasteiger partial charge in [0.25, 0.3) is 10.0 Å². The highest BCUT2D eigenvalue weighted by Gasteiger charge is 2.44. The average Bonchev–Trinajstić information content (AvgIpc) is 3.47. The molecule has 2 aromatic carbocycles. The van der Waals surface area contributed by atoms with Crippen molar-refractivity contribution in [2.75, 3.05) is 37.7 Å². The second-order valence-corrected chi connectivity index (χ2v) is 11.9. The van der Waals surface area contributed by atoms with Crippen LogP contribution in [-0.4, -0.2) is 68.0 Å². The number of ether oxygens (including phenoxy) is 1. The van der Waals surface area contributed by atoms with Gasteiger partial charge in [0.05, 0.1) is 18.0 Å². The molecule has 4 rings (SSSR count). The van der Waals surface area contributed by atoms with Gasteiger partial charge in [-0.2, -0.15) is 18.2 Å². The minimum absolute atomic E-state index is 0.0541. The number of halogens is 3. The number of nitrogens with zero attached hydrogens (tertiary/aromatic N) is 4. The molecule has 3 aromatic rings. The van der Waals surface area contributed by atoms with Crippen molar-refractivity contribution < 1.29 is 40.5 Å². The molecule has 228 valence electrons. The molecule has 0 amide bonds. The number of alkyl halides is 3. The predicted octanol–water partition coefficient (Wildman–Crippen LogP) is 4.13. The largest absolute Gasteiger partial charge is 0.493 e. The molecule has 1 aliphatic heterocycles. The molecule has 1 aromatic heterocycles. The van der Waals surface area contributed by atoms with Crippen LogP contribution in [0.3, 0.4) is 0 Å². The number of carbonyl (C=O) groups is 1. The van der Waals surface area contributed by atoms with Gasteiger partial charge >= 0.3 is 18.2 Å². The number of hydrogen-bond donors (Lipinski definition) is 1. The summed E-state index contributed by atoms with van der Waals surface area (Å²) in [6.45, 7) is 5.17. The Morgan fingerprint density at radius 3 is 2.21 bits per heavy atom. The molecule has 11 nitrogen and oxygen atoms in total. The molecule has 42 heavy (non-hydrogen) atoms. The monoisotopic (exact) mass is 611 g/mol. The first-order valence-corrected chi connectivity index (χ1v) is 14.8. The second-order valence-electron chi connectivity index (χ2n) is 10.1. The molecule has 0 radical (unpaired) electrons. The summed E-state index contributed by atoms with van der Waals surface area (Å²) in [7, 11) is -4.59. The zero-order chi connectivity index (χ0) is 30.5. The number of nitrogens with two attached hydrogens (primary N) is 1. The van der Waals surface area contributed by atoms with Crippen LogP contribution in [0.25, 0.3) is 11.1 Å². The summed E-state index contributed by atoms with van der Waals surface area (Å²) in [6.07, 6.45) is -3.52. The van der Waals surface area contributed by atoms with Crippen LogP contribution in [0.2, 0.25) is 0 Å². The van der Waals surface area contributed by atoms with E-state index in [1.165, 1.54) is 24.3 Å². The van der Waals surface area contributed by atoms with Crippen LogP contribution in [0.5, 0.6) is 5.75 Å². The van der Waals surface area contributed by atoms with Crippen LogP contribution in [0.4, 0.5) is 19.2 Å². The predicted molar refractivity (Wildman–Crippen MR) is 146 cm³/mol. The number of aromatic nitrogens is 2. The third kappa shape index (κ3) is 7.57. The lowest BCUT2D eigenvalue weighted by Gasteiger charge is -2.30. The Hall–Kier alpha value is -3.69. The van der Waals surface area contributed by atoms with Crippen molar-refractivity contribution in [3.8, 4) is 16.9 Å². The fourth-order valence-electron chi connectivity index (χ4n) is 4.24. The molecule has 0 unspecified atom stereocenters. The number of anilines is 1. The smallest absolute Gasteiger partial charge is 0.492 e. The van der Waals surface area contributed by atoms with Crippen LogP contribution in [-0.2, 0) is 19.7 Å². The van der Waals surface area contributed by atoms with Gasteiger partial charge in [-0.05, 0) is 58.6 Å². The SMILES string of the molecule is CC(C)c1noc(N2CCC(COc3ccc(-c4ccc(S(=O)(=O)N(CCN)OC(=O)C(F)(F)F)cc4)cc3)CC2)n1. The lowest BCUT2D eigenvalue weighted by molar-refractivity contribution is -0.222. The Labute approximate surface area is 241 Å². The number of rotatable bonds is 11. The first-order valence-electron chi connectivity index (χ1n) is 13.3. The number of hydroxylamine groups is 1. The molecule has 0 atom stereocenters. The number of benzene rings is 2. The van der Waals surface area contributed by atoms with E-state index in [0.29, 0.717) is 35.7 Å². The van der Waals surface area contributed by atoms with Gasteiger partial charge in [-0.15, -0.1) is 0 Å². The van der Waals surface area contributed by atoms with Crippen molar-refractivity contribution in [3.05, 3.63) is 54.4 Å². The number of sulfonamides is 1. The second kappa shape index (κ2) is 13.1. The summed E-state index contributed by atoms with van der Waals surface area (Å²) in [5.74, 6) is -0.704. The van der Waals surface area contributed by atoms with Crippen LogP contribution in [0.15, 0.2) is 57.9 Å². The molecule has 1 saturated heterocycles. The van der Waals surface area contributed by atoms with E-state index >= 15 is 0 Å². The Bertz CT molecular complexity index is 1440. The van der Waals surface area contributed by atoms with E-state index in [1.54, 1.807) is 12.1 Å². The highest BCUT2D eigenvalue weighted by atomic mass is 32.2. The summed E-state index contributed by atoms with van der Waals surface area (Å²) in [5, 5.41) is 4.02. The van der Waals surface area contributed by atoms with E-state index < -0.39 is 28.7 Å². The van der Waals surface area contributed by atoms with E-state index in [2.05, 4.69) is 19.9 Å². The van der Waals surface area contributed by atoms with E-state index in [-0.39, 0.29) is 21.8 Å². The van der Waals surface area contributed by atoms with Crippen molar-refractivity contribution in [1.82, 2.24) is 14.6 Å². The van der Waals surface area contributed by atoms with Gasteiger partial charge in [0.1, 0.15) is 5.75 Å². The molecule has 15 heteroatoms. The van der Waals surface area contributed by atoms with Crippen molar-refractivity contribution in [2.45, 2.75) is 43.7 Å². The summed E-state index contributed by atoms with van der Waals surface area (Å²) >= 11 is 0. The lowest BCUT2D eigenvalue weighted by atomic mass is 9.98. The quantitative estimate of drug-likeness (QED) is 0.315. The van der Waals surface area contributed by atoms with Gasteiger partial charge in [0.2, 0.25) is 0 Å². The van der Waals surface area contributed by atoms with Gasteiger partial charge in [0, 0.05) is 25.6 Å².